The van der Waals surface area contributed by atoms with E-state index in [1.54, 1.807) is 55.5 Å². The molecule has 0 aliphatic carbocycles. The lowest BCUT2D eigenvalue weighted by atomic mass is 9.74. The molecule has 2 aromatic rings. The van der Waals surface area contributed by atoms with Gasteiger partial charge in [0.1, 0.15) is 0 Å². The Balaban J connectivity index is 2.12. The number of nitrogens with one attached hydrogen (secondary N) is 1. The zero-order valence-electron chi connectivity index (χ0n) is 13.9. The molecule has 0 unspecified atom stereocenters. The lowest BCUT2D eigenvalue weighted by Gasteiger charge is -2.38. The molecule has 1 saturated heterocycles. The van der Waals surface area contributed by atoms with Gasteiger partial charge in [-0.3, -0.25) is 19.7 Å². The fourth-order valence-corrected chi connectivity index (χ4v) is 3.69. The van der Waals surface area contributed by atoms with Gasteiger partial charge in [-0.25, -0.2) is 4.79 Å². The molecule has 1 fully saturated rings. The third kappa shape index (κ3) is 2.72. The largest absolute Gasteiger partial charge is 0.338 e. The van der Waals surface area contributed by atoms with Crippen LogP contribution in [0.1, 0.15) is 29.3 Å². The van der Waals surface area contributed by atoms with E-state index in [-0.39, 0.29) is 12.0 Å². The van der Waals surface area contributed by atoms with E-state index in [0.29, 0.717) is 14.0 Å². The smallest absolute Gasteiger partial charge is 0.276 e. The molecule has 26 heavy (non-hydrogen) atoms. The summed E-state index contributed by atoms with van der Waals surface area (Å²) in [6, 6.07) is 14.1. The van der Waals surface area contributed by atoms with E-state index in [0.717, 1.165) is 0 Å². The summed E-state index contributed by atoms with van der Waals surface area (Å²) < 4.78 is 0.606. The molecule has 0 aromatic heterocycles. The van der Waals surface area contributed by atoms with Gasteiger partial charge in [0.2, 0.25) is 5.91 Å². The summed E-state index contributed by atoms with van der Waals surface area (Å²) >= 11 is 1.96. The minimum Gasteiger partial charge on any atom is -0.276 e. The van der Waals surface area contributed by atoms with E-state index in [1.807, 2.05) is 22.6 Å². The lowest BCUT2D eigenvalue weighted by Crippen LogP contribution is -2.67. The first kappa shape index (κ1) is 18.2. The van der Waals surface area contributed by atoms with Gasteiger partial charge in [0.05, 0.1) is 5.56 Å². The third-order valence-corrected chi connectivity index (χ3v) is 5.42. The van der Waals surface area contributed by atoms with Crippen molar-refractivity contribution >= 4 is 46.3 Å². The first-order valence-corrected chi connectivity index (χ1v) is 9.05. The molecule has 0 bridgehead atoms. The highest BCUT2D eigenvalue weighted by molar-refractivity contribution is 14.1. The summed E-state index contributed by atoms with van der Waals surface area (Å²) in [6.45, 7) is 1.68. The Morgan fingerprint density at radius 2 is 1.65 bits per heavy atom. The number of carbonyl (C=O) groups is 4. The van der Waals surface area contributed by atoms with Gasteiger partial charge in [-0.15, -0.1) is 0 Å². The second kappa shape index (κ2) is 6.99. The van der Waals surface area contributed by atoms with Gasteiger partial charge in [0.25, 0.3) is 11.8 Å². The van der Waals surface area contributed by atoms with Crippen molar-refractivity contribution < 1.29 is 19.2 Å². The summed E-state index contributed by atoms with van der Waals surface area (Å²) in [4.78, 5) is 51.7. The van der Waals surface area contributed by atoms with E-state index >= 15 is 0 Å². The molecule has 2 aromatic carbocycles. The van der Waals surface area contributed by atoms with Crippen LogP contribution in [0.5, 0.6) is 0 Å². The van der Waals surface area contributed by atoms with Crippen molar-refractivity contribution in [2.75, 3.05) is 0 Å². The van der Waals surface area contributed by atoms with Crippen molar-refractivity contribution in [1.82, 2.24) is 10.2 Å². The van der Waals surface area contributed by atoms with Crippen LogP contribution in [0.3, 0.4) is 0 Å². The Labute approximate surface area is 163 Å². The molecule has 3 rings (SSSR count). The van der Waals surface area contributed by atoms with Gasteiger partial charge in [0.15, 0.2) is 5.41 Å². The number of nitrogens with zero attached hydrogens (tertiary/aromatic N) is 1. The van der Waals surface area contributed by atoms with Gasteiger partial charge in [-0.1, -0.05) is 49.4 Å². The van der Waals surface area contributed by atoms with Gasteiger partial charge in [-0.05, 0) is 46.7 Å². The van der Waals surface area contributed by atoms with Crippen molar-refractivity contribution in [2.24, 2.45) is 0 Å². The molecule has 7 heteroatoms. The number of hydrogen-bond acceptors (Lipinski definition) is 4. The summed E-state index contributed by atoms with van der Waals surface area (Å²) in [6.07, 6.45) is 0.116. The van der Waals surface area contributed by atoms with Crippen LogP contribution in [0, 0.1) is 3.57 Å². The highest BCUT2D eigenvalue weighted by Gasteiger charge is 2.55. The predicted molar refractivity (Wildman–Crippen MR) is 102 cm³/mol. The van der Waals surface area contributed by atoms with Gasteiger partial charge in [0, 0.05) is 3.57 Å². The second-order valence-corrected chi connectivity index (χ2v) is 6.97. The molecule has 1 N–H and O–H groups in total. The lowest BCUT2D eigenvalue weighted by molar-refractivity contribution is -0.143. The number of urea groups is 1. The van der Waals surface area contributed by atoms with Crippen LogP contribution in [0.25, 0.3) is 0 Å². The average Bonchev–Trinajstić information content (AvgIpc) is 2.63. The van der Waals surface area contributed by atoms with Gasteiger partial charge in [-0.2, -0.15) is 4.90 Å². The van der Waals surface area contributed by atoms with Crippen LogP contribution in [0.15, 0.2) is 54.6 Å². The van der Waals surface area contributed by atoms with E-state index in [9.17, 15) is 19.2 Å². The van der Waals surface area contributed by atoms with Crippen LogP contribution >= 0.6 is 22.6 Å². The second-order valence-electron chi connectivity index (χ2n) is 5.81. The number of halogens is 1. The van der Waals surface area contributed by atoms with Crippen molar-refractivity contribution in [3.8, 4) is 0 Å². The average molecular weight is 462 g/mol. The van der Waals surface area contributed by atoms with E-state index in [2.05, 4.69) is 5.32 Å². The zero-order chi connectivity index (χ0) is 18.9. The number of imide groups is 4. The number of carbonyl (C=O) groups excluding carboxylic acids is 4. The molecule has 6 nitrogen and oxygen atoms in total. The predicted octanol–water partition coefficient (Wildman–Crippen LogP) is 2.86. The SMILES string of the molecule is CC[C@@]1(c2ccccc2)C(=O)NC(=O)N(C(=O)c2ccccc2I)C1=O. The molecule has 1 aliphatic rings. The molecule has 1 aliphatic heterocycles. The fraction of sp³-hybridized carbons (Fsp3) is 0.158. The molecular formula is C19H15IN2O4. The molecule has 1 atom stereocenters. The summed E-state index contributed by atoms with van der Waals surface area (Å²) in [7, 11) is 0. The summed E-state index contributed by atoms with van der Waals surface area (Å²) in [5, 5.41) is 2.17. The molecule has 0 spiro atoms. The topological polar surface area (TPSA) is 83.6 Å². The first-order valence-electron chi connectivity index (χ1n) is 7.97. The Morgan fingerprint density at radius 3 is 2.27 bits per heavy atom. The van der Waals surface area contributed by atoms with E-state index in [4.69, 9.17) is 0 Å². The van der Waals surface area contributed by atoms with Crippen LogP contribution < -0.4 is 5.32 Å². The molecule has 5 amide bonds. The monoisotopic (exact) mass is 462 g/mol. The fourth-order valence-electron chi connectivity index (χ4n) is 3.07. The number of hydrogen-bond donors (Lipinski definition) is 1. The standard InChI is InChI=1S/C19H15IN2O4/c1-2-19(12-8-4-3-5-9-12)16(24)21-18(26)22(17(19)25)15(23)13-10-6-7-11-14(13)20/h3-11H,2H2,1H3,(H,21,24,26)/t19-/m1/s1. The molecule has 0 saturated carbocycles. The summed E-state index contributed by atoms with van der Waals surface area (Å²) in [5.41, 5.74) is -0.951. The van der Waals surface area contributed by atoms with Crippen molar-refractivity contribution in [1.29, 1.82) is 0 Å². The Hall–Kier alpha value is -2.55. The third-order valence-electron chi connectivity index (χ3n) is 4.48. The Morgan fingerprint density at radius 1 is 1.04 bits per heavy atom. The maximum Gasteiger partial charge on any atom is 0.338 e. The quantitative estimate of drug-likeness (QED) is 0.432. The van der Waals surface area contributed by atoms with Crippen molar-refractivity contribution in [3.05, 3.63) is 69.3 Å². The van der Waals surface area contributed by atoms with Crippen LogP contribution in [0.4, 0.5) is 4.79 Å². The molecule has 1 heterocycles. The van der Waals surface area contributed by atoms with E-state index in [1.165, 1.54) is 6.07 Å². The minimum atomic E-state index is -1.62. The Bertz CT molecular complexity index is 913. The Kier molecular flexibility index (Phi) is 4.90. The van der Waals surface area contributed by atoms with E-state index < -0.39 is 29.2 Å². The molecule has 132 valence electrons. The normalized spacial score (nSPS) is 20.1. The van der Waals surface area contributed by atoms with Crippen LogP contribution in [0.2, 0.25) is 0 Å². The number of barbiturate groups is 1. The number of benzene rings is 2. The zero-order valence-corrected chi connectivity index (χ0v) is 16.0. The first-order chi connectivity index (χ1) is 12.4. The maximum absolute atomic E-state index is 13.2. The maximum atomic E-state index is 13.2. The highest BCUT2D eigenvalue weighted by Crippen LogP contribution is 2.34. The van der Waals surface area contributed by atoms with Crippen molar-refractivity contribution in [2.45, 2.75) is 18.8 Å². The molecular weight excluding hydrogens is 447 g/mol. The van der Waals surface area contributed by atoms with Crippen molar-refractivity contribution in [3.63, 3.8) is 0 Å². The number of rotatable bonds is 3. The van der Waals surface area contributed by atoms with Gasteiger partial charge >= 0.3 is 6.03 Å². The van der Waals surface area contributed by atoms with Gasteiger partial charge < -0.3 is 0 Å². The highest BCUT2D eigenvalue weighted by atomic mass is 127. The minimum absolute atomic E-state index is 0.116. The van der Waals surface area contributed by atoms with Crippen LogP contribution in [-0.4, -0.2) is 28.7 Å². The van der Waals surface area contributed by atoms with Crippen LogP contribution in [-0.2, 0) is 15.0 Å². The number of amides is 5. The summed E-state index contributed by atoms with van der Waals surface area (Å²) in [5.74, 6) is -2.30. The molecule has 0 radical (unpaired) electrons.